The van der Waals surface area contributed by atoms with Crippen LogP contribution in [0.2, 0.25) is 0 Å². The molecule has 0 aliphatic rings. The second-order valence-corrected chi connectivity index (χ2v) is 8.03. The number of aryl methyl sites for hydroxylation is 1. The van der Waals surface area contributed by atoms with Crippen molar-refractivity contribution in [1.82, 2.24) is 4.57 Å². The van der Waals surface area contributed by atoms with Crippen LogP contribution in [0, 0.1) is 0 Å². The van der Waals surface area contributed by atoms with E-state index in [9.17, 15) is 9.59 Å². The first-order chi connectivity index (χ1) is 14.1. The van der Waals surface area contributed by atoms with E-state index in [4.69, 9.17) is 9.47 Å². The Morgan fingerprint density at radius 1 is 1.17 bits per heavy atom. The lowest BCUT2D eigenvalue weighted by Gasteiger charge is -2.05. The second kappa shape index (κ2) is 10.3. The van der Waals surface area contributed by atoms with Crippen LogP contribution in [0.1, 0.15) is 17.3 Å². The highest BCUT2D eigenvalue weighted by Crippen LogP contribution is 2.20. The van der Waals surface area contributed by atoms with Gasteiger partial charge in [0.1, 0.15) is 5.75 Å². The number of hydrogen-bond acceptors (Lipinski definition) is 6. The van der Waals surface area contributed by atoms with Crippen LogP contribution in [0.25, 0.3) is 10.2 Å². The fourth-order valence-electron chi connectivity index (χ4n) is 2.70. The molecule has 0 N–H and O–H groups in total. The van der Waals surface area contributed by atoms with Gasteiger partial charge >= 0.3 is 5.97 Å². The van der Waals surface area contributed by atoms with Crippen molar-refractivity contribution >= 4 is 45.2 Å². The maximum Gasteiger partial charge on any atom is 0.338 e. The monoisotopic (exact) mass is 430 g/mol. The summed E-state index contributed by atoms with van der Waals surface area (Å²) in [6, 6.07) is 14.6. The molecule has 0 radical (unpaired) electrons. The van der Waals surface area contributed by atoms with E-state index >= 15 is 0 Å². The topological polar surface area (TPSA) is 69.9 Å². The number of carbonyl (C=O) groups excluding carboxylic acids is 2. The van der Waals surface area contributed by atoms with E-state index in [1.165, 1.54) is 11.3 Å². The molecule has 0 bridgehead atoms. The van der Waals surface area contributed by atoms with Crippen LogP contribution in [-0.4, -0.2) is 41.7 Å². The third kappa shape index (κ3) is 5.48. The highest BCUT2D eigenvalue weighted by atomic mass is 32.2. The van der Waals surface area contributed by atoms with Crippen LogP contribution in [-0.2, 0) is 16.1 Å². The standard InChI is InChI=1S/C21H22N2O4S2/c1-3-26-20(25)15-9-10-17-18(13-15)29-21(23(17)11-12-28-2)22-19(24)14-27-16-7-5-4-6-8-16/h4-10,13H,3,11-12,14H2,1-2H3. The van der Waals surface area contributed by atoms with Crippen molar-refractivity contribution in [3.8, 4) is 5.75 Å². The molecular weight excluding hydrogens is 408 g/mol. The Morgan fingerprint density at radius 3 is 2.69 bits per heavy atom. The van der Waals surface area contributed by atoms with E-state index in [0.29, 0.717) is 29.3 Å². The molecule has 2 aromatic carbocycles. The van der Waals surface area contributed by atoms with Gasteiger partial charge in [-0.3, -0.25) is 4.79 Å². The highest BCUT2D eigenvalue weighted by Gasteiger charge is 2.12. The number of thioether (sulfide) groups is 1. The first kappa shape index (κ1) is 21.1. The zero-order valence-corrected chi connectivity index (χ0v) is 17.9. The van der Waals surface area contributed by atoms with Crippen molar-refractivity contribution in [3.63, 3.8) is 0 Å². The average Bonchev–Trinajstić information content (AvgIpc) is 3.07. The molecule has 1 amide bonds. The van der Waals surface area contributed by atoms with Crippen molar-refractivity contribution in [2.45, 2.75) is 13.5 Å². The van der Waals surface area contributed by atoms with Crippen LogP contribution in [0.5, 0.6) is 5.75 Å². The molecule has 0 spiro atoms. The Balaban J connectivity index is 1.90. The minimum Gasteiger partial charge on any atom is -0.484 e. The van der Waals surface area contributed by atoms with Gasteiger partial charge in [-0.15, -0.1) is 0 Å². The zero-order chi connectivity index (χ0) is 20.6. The Kier molecular flexibility index (Phi) is 7.48. The van der Waals surface area contributed by atoms with Crippen LogP contribution in [0.3, 0.4) is 0 Å². The first-order valence-electron chi connectivity index (χ1n) is 9.17. The third-order valence-corrected chi connectivity index (χ3v) is 5.67. The van der Waals surface area contributed by atoms with Crippen LogP contribution >= 0.6 is 23.1 Å². The second-order valence-electron chi connectivity index (χ2n) is 6.04. The molecule has 3 rings (SSSR count). The summed E-state index contributed by atoms with van der Waals surface area (Å²) >= 11 is 3.09. The quantitative estimate of drug-likeness (QED) is 0.509. The molecular formula is C21H22N2O4S2. The molecule has 0 fully saturated rings. The van der Waals surface area contributed by atoms with E-state index < -0.39 is 0 Å². The van der Waals surface area contributed by atoms with Crippen molar-refractivity contribution in [1.29, 1.82) is 0 Å². The minimum atomic E-state index is -0.357. The molecule has 6 nitrogen and oxygen atoms in total. The summed E-state index contributed by atoms with van der Waals surface area (Å²) in [5.74, 6) is 0.794. The SMILES string of the molecule is CCOC(=O)c1ccc2c(c1)sc(=NC(=O)COc1ccccc1)n2CCSC. The number of nitrogens with zero attached hydrogens (tertiary/aromatic N) is 2. The van der Waals surface area contributed by atoms with E-state index in [1.807, 2.05) is 35.1 Å². The van der Waals surface area contributed by atoms with Gasteiger partial charge in [0.05, 0.1) is 22.4 Å². The zero-order valence-electron chi connectivity index (χ0n) is 16.3. The van der Waals surface area contributed by atoms with E-state index in [-0.39, 0.29) is 18.5 Å². The number of hydrogen-bond donors (Lipinski definition) is 0. The van der Waals surface area contributed by atoms with Gasteiger partial charge in [0, 0.05) is 12.3 Å². The predicted molar refractivity (Wildman–Crippen MR) is 117 cm³/mol. The summed E-state index contributed by atoms with van der Waals surface area (Å²) in [4.78, 5) is 29.3. The van der Waals surface area contributed by atoms with Crippen LogP contribution in [0.4, 0.5) is 0 Å². The number of para-hydroxylation sites is 1. The Morgan fingerprint density at radius 2 is 1.97 bits per heavy atom. The van der Waals surface area contributed by atoms with Crippen molar-refractivity contribution in [2.24, 2.45) is 4.99 Å². The summed E-state index contributed by atoms with van der Waals surface area (Å²) in [6.07, 6.45) is 2.03. The maximum absolute atomic E-state index is 12.4. The fraction of sp³-hybridized carbons (Fsp3) is 0.286. The Bertz CT molecular complexity index is 1060. The molecule has 3 aromatic rings. The van der Waals surface area contributed by atoms with Gasteiger partial charge < -0.3 is 14.0 Å². The van der Waals surface area contributed by atoms with E-state index in [1.54, 1.807) is 43.0 Å². The van der Waals surface area contributed by atoms with Crippen molar-refractivity contribution in [3.05, 3.63) is 58.9 Å². The van der Waals surface area contributed by atoms with Gasteiger partial charge in [-0.05, 0) is 43.5 Å². The Hall–Kier alpha value is -2.58. The maximum atomic E-state index is 12.4. The van der Waals surface area contributed by atoms with Crippen LogP contribution < -0.4 is 9.54 Å². The largest absolute Gasteiger partial charge is 0.484 e. The number of fused-ring (bicyclic) bond motifs is 1. The molecule has 1 aromatic heterocycles. The molecule has 0 aliphatic heterocycles. The third-order valence-electron chi connectivity index (χ3n) is 4.04. The summed E-state index contributed by atoms with van der Waals surface area (Å²) in [5.41, 5.74) is 1.43. The number of carbonyl (C=O) groups is 2. The lowest BCUT2D eigenvalue weighted by molar-refractivity contribution is -0.120. The van der Waals surface area contributed by atoms with Gasteiger partial charge in [0.15, 0.2) is 11.4 Å². The number of esters is 1. The van der Waals surface area contributed by atoms with E-state index in [0.717, 1.165) is 16.0 Å². The average molecular weight is 431 g/mol. The van der Waals surface area contributed by atoms with Gasteiger partial charge in [0.2, 0.25) is 0 Å². The van der Waals surface area contributed by atoms with Gasteiger partial charge in [0.25, 0.3) is 5.91 Å². The molecule has 0 saturated heterocycles. The molecule has 0 unspecified atom stereocenters. The molecule has 0 saturated carbocycles. The highest BCUT2D eigenvalue weighted by molar-refractivity contribution is 7.98. The van der Waals surface area contributed by atoms with Crippen LogP contribution in [0.15, 0.2) is 53.5 Å². The predicted octanol–water partition coefficient (Wildman–Crippen LogP) is 3.75. The summed E-state index contributed by atoms with van der Waals surface area (Å²) in [6.45, 7) is 2.68. The normalized spacial score (nSPS) is 11.6. The number of ether oxygens (including phenoxy) is 2. The number of benzene rings is 2. The molecule has 1 heterocycles. The van der Waals surface area contributed by atoms with Gasteiger partial charge in [-0.1, -0.05) is 29.5 Å². The van der Waals surface area contributed by atoms with Gasteiger partial charge in [-0.25, -0.2) is 4.79 Å². The first-order valence-corrected chi connectivity index (χ1v) is 11.4. The molecule has 152 valence electrons. The van der Waals surface area contributed by atoms with Gasteiger partial charge in [-0.2, -0.15) is 16.8 Å². The van der Waals surface area contributed by atoms with Crippen molar-refractivity contribution < 1.29 is 19.1 Å². The number of aromatic nitrogens is 1. The Labute approximate surface area is 177 Å². The summed E-state index contributed by atoms with van der Waals surface area (Å²) in [7, 11) is 0. The molecule has 29 heavy (non-hydrogen) atoms. The van der Waals surface area contributed by atoms with Crippen molar-refractivity contribution in [2.75, 3.05) is 25.2 Å². The minimum absolute atomic E-state index is 0.130. The lowest BCUT2D eigenvalue weighted by Crippen LogP contribution is -2.20. The number of amides is 1. The fourth-order valence-corrected chi connectivity index (χ4v) is 4.18. The molecule has 0 aliphatic carbocycles. The smallest absolute Gasteiger partial charge is 0.338 e. The number of rotatable bonds is 8. The summed E-state index contributed by atoms with van der Waals surface area (Å²) < 4.78 is 13.5. The lowest BCUT2D eigenvalue weighted by atomic mass is 10.2. The molecule has 8 heteroatoms. The number of thiazole rings is 1. The van der Waals surface area contributed by atoms with E-state index in [2.05, 4.69) is 4.99 Å². The molecule has 0 atom stereocenters. The summed E-state index contributed by atoms with van der Waals surface area (Å²) in [5, 5.41) is 0.